The molecule has 0 fully saturated rings. The summed E-state index contributed by atoms with van der Waals surface area (Å²) in [5.74, 6) is -1.46. The smallest absolute Gasteiger partial charge is 0.378 e. The van der Waals surface area contributed by atoms with Crippen molar-refractivity contribution >= 4 is 23.6 Å². The van der Waals surface area contributed by atoms with Gasteiger partial charge in [0.15, 0.2) is 6.61 Å². The first kappa shape index (κ1) is 19.3. The van der Waals surface area contributed by atoms with E-state index >= 15 is 0 Å². The predicted octanol–water partition coefficient (Wildman–Crippen LogP) is -0.117. The Morgan fingerprint density at radius 2 is 1.96 bits per heavy atom. The fourth-order valence-electron chi connectivity index (χ4n) is 2.34. The van der Waals surface area contributed by atoms with E-state index in [0.717, 1.165) is 11.4 Å². The standard InChI is InChI=1S/C16H22N6O4/c1-5-17-12(23)8-21(6-2)13(24)9-26-15(25)14-19-16-18-10(3)7-11(4)22(16)20-14/h7H,5-6,8-9H2,1-4H3,(H,17,23). The minimum atomic E-state index is -0.824. The van der Waals surface area contributed by atoms with Crippen molar-refractivity contribution in [2.75, 3.05) is 26.2 Å². The molecule has 0 radical (unpaired) electrons. The van der Waals surface area contributed by atoms with Gasteiger partial charge in [0, 0.05) is 24.5 Å². The number of amides is 2. The van der Waals surface area contributed by atoms with Crippen molar-refractivity contribution < 1.29 is 19.1 Å². The summed E-state index contributed by atoms with van der Waals surface area (Å²) in [6.45, 7) is 7.37. The number of likely N-dealkylation sites (N-methyl/N-ethyl adjacent to an activating group) is 2. The Bertz CT molecular complexity index is 831. The molecule has 0 bridgehead atoms. The Labute approximate surface area is 150 Å². The summed E-state index contributed by atoms with van der Waals surface area (Å²) >= 11 is 0. The van der Waals surface area contributed by atoms with Gasteiger partial charge in [0.2, 0.25) is 5.91 Å². The molecule has 2 amide bonds. The Morgan fingerprint density at radius 3 is 2.62 bits per heavy atom. The second kappa shape index (κ2) is 8.37. The molecule has 2 aromatic heterocycles. The van der Waals surface area contributed by atoms with E-state index in [1.54, 1.807) is 19.9 Å². The van der Waals surface area contributed by atoms with Crippen LogP contribution in [0.1, 0.15) is 35.9 Å². The molecule has 0 aromatic carbocycles. The number of nitrogens with zero attached hydrogens (tertiary/aromatic N) is 5. The first-order valence-corrected chi connectivity index (χ1v) is 8.28. The molecule has 0 aliphatic carbocycles. The van der Waals surface area contributed by atoms with Crippen LogP contribution in [0.25, 0.3) is 5.78 Å². The predicted molar refractivity (Wildman–Crippen MR) is 91.5 cm³/mol. The molecular weight excluding hydrogens is 340 g/mol. The SMILES string of the molecule is CCNC(=O)CN(CC)C(=O)COC(=O)c1nc2nc(C)cc(C)n2n1. The zero-order chi connectivity index (χ0) is 19.3. The highest BCUT2D eigenvalue weighted by Crippen LogP contribution is 2.06. The summed E-state index contributed by atoms with van der Waals surface area (Å²) in [5.41, 5.74) is 1.52. The van der Waals surface area contributed by atoms with Crippen molar-refractivity contribution in [3.8, 4) is 0 Å². The van der Waals surface area contributed by atoms with Gasteiger partial charge in [-0.15, -0.1) is 5.10 Å². The average Bonchev–Trinajstić information content (AvgIpc) is 3.01. The molecule has 26 heavy (non-hydrogen) atoms. The number of nitrogens with one attached hydrogen (secondary N) is 1. The van der Waals surface area contributed by atoms with Crippen LogP contribution in [0.3, 0.4) is 0 Å². The monoisotopic (exact) mass is 362 g/mol. The van der Waals surface area contributed by atoms with Gasteiger partial charge in [-0.05, 0) is 33.8 Å². The van der Waals surface area contributed by atoms with Gasteiger partial charge in [-0.1, -0.05) is 0 Å². The van der Waals surface area contributed by atoms with E-state index < -0.39 is 18.5 Å². The highest BCUT2D eigenvalue weighted by molar-refractivity contribution is 5.89. The average molecular weight is 362 g/mol. The number of carbonyl (C=O) groups excluding carboxylic acids is 3. The van der Waals surface area contributed by atoms with E-state index in [4.69, 9.17) is 4.74 Å². The number of carbonyl (C=O) groups is 3. The summed E-state index contributed by atoms with van der Waals surface area (Å²) in [5, 5.41) is 6.66. The maximum Gasteiger partial charge on any atom is 0.378 e. The van der Waals surface area contributed by atoms with Gasteiger partial charge in [0.05, 0.1) is 6.54 Å². The molecule has 1 N–H and O–H groups in total. The Morgan fingerprint density at radius 1 is 1.23 bits per heavy atom. The van der Waals surface area contributed by atoms with E-state index in [9.17, 15) is 14.4 Å². The number of ether oxygens (including phenoxy) is 1. The van der Waals surface area contributed by atoms with Crippen LogP contribution in [0.2, 0.25) is 0 Å². The number of hydrogen-bond acceptors (Lipinski definition) is 7. The second-order valence-corrected chi connectivity index (χ2v) is 5.62. The number of aryl methyl sites for hydroxylation is 2. The summed E-state index contributed by atoms with van der Waals surface area (Å²) in [6, 6.07) is 1.81. The van der Waals surface area contributed by atoms with Crippen molar-refractivity contribution in [2.24, 2.45) is 0 Å². The van der Waals surface area contributed by atoms with Crippen LogP contribution < -0.4 is 5.32 Å². The number of rotatable bonds is 7. The first-order valence-electron chi connectivity index (χ1n) is 8.28. The maximum atomic E-state index is 12.1. The Kier molecular flexibility index (Phi) is 6.21. The number of hydrogen-bond donors (Lipinski definition) is 1. The highest BCUT2D eigenvalue weighted by Gasteiger charge is 2.20. The normalized spacial score (nSPS) is 10.6. The minimum Gasteiger partial charge on any atom is -0.450 e. The van der Waals surface area contributed by atoms with E-state index in [1.807, 2.05) is 13.8 Å². The van der Waals surface area contributed by atoms with Crippen molar-refractivity contribution in [2.45, 2.75) is 27.7 Å². The van der Waals surface area contributed by atoms with Gasteiger partial charge in [0.25, 0.3) is 17.5 Å². The molecule has 0 aliphatic heterocycles. The lowest BCUT2D eigenvalue weighted by Crippen LogP contribution is -2.42. The summed E-state index contributed by atoms with van der Waals surface area (Å²) < 4.78 is 6.42. The molecule has 2 aromatic rings. The molecule has 0 unspecified atom stereocenters. The molecule has 10 nitrogen and oxygen atoms in total. The van der Waals surface area contributed by atoms with E-state index in [0.29, 0.717) is 13.1 Å². The lowest BCUT2D eigenvalue weighted by Gasteiger charge is -2.19. The van der Waals surface area contributed by atoms with Crippen molar-refractivity contribution in [3.63, 3.8) is 0 Å². The first-order chi connectivity index (χ1) is 12.3. The third-order valence-corrected chi connectivity index (χ3v) is 3.57. The molecule has 0 aliphatic rings. The molecule has 0 saturated heterocycles. The zero-order valence-electron chi connectivity index (χ0n) is 15.3. The Balaban J connectivity index is 2.00. The molecule has 2 heterocycles. The van der Waals surface area contributed by atoms with Crippen LogP contribution in [0.4, 0.5) is 0 Å². The molecule has 140 valence electrons. The quantitative estimate of drug-likeness (QED) is 0.682. The van der Waals surface area contributed by atoms with E-state index in [2.05, 4.69) is 20.4 Å². The third kappa shape index (κ3) is 4.52. The second-order valence-electron chi connectivity index (χ2n) is 5.62. The van der Waals surface area contributed by atoms with E-state index in [1.165, 1.54) is 9.42 Å². The minimum absolute atomic E-state index is 0.0876. The van der Waals surface area contributed by atoms with Crippen molar-refractivity contribution in [1.82, 2.24) is 29.8 Å². The summed E-state index contributed by atoms with van der Waals surface area (Å²) in [7, 11) is 0. The van der Waals surface area contributed by atoms with Gasteiger partial charge in [-0.25, -0.2) is 14.3 Å². The Hall–Kier alpha value is -3.04. The fraction of sp³-hybridized carbons (Fsp3) is 0.500. The summed E-state index contributed by atoms with van der Waals surface area (Å²) in [4.78, 5) is 45.3. The van der Waals surface area contributed by atoms with Crippen molar-refractivity contribution in [1.29, 1.82) is 0 Å². The largest absolute Gasteiger partial charge is 0.450 e. The lowest BCUT2D eigenvalue weighted by molar-refractivity contribution is -0.138. The fourth-order valence-corrected chi connectivity index (χ4v) is 2.34. The molecular formula is C16H22N6O4. The van der Waals surface area contributed by atoms with Gasteiger partial charge in [-0.2, -0.15) is 4.98 Å². The van der Waals surface area contributed by atoms with Crippen LogP contribution in [-0.4, -0.2) is 68.5 Å². The number of aromatic nitrogens is 4. The van der Waals surface area contributed by atoms with Crippen LogP contribution in [0.15, 0.2) is 6.07 Å². The van der Waals surface area contributed by atoms with Gasteiger partial charge in [0.1, 0.15) is 0 Å². The van der Waals surface area contributed by atoms with Crippen LogP contribution >= 0.6 is 0 Å². The topological polar surface area (TPSA) is 119 Å². The lowest BCUT2D eigenvalue weighted by atomic mass is 10.4. The summed E-state index contributed by atoms with van der Waals surface area (Å²) in [6.07, 6.45) is 0. The molecule has 10 heteroatoms. The molecule has 0 atom stereocenters. The molecule has 2 rings (SSSR count). The zero-order valence-corrected chi connectivity index (χ0v) is 15.3. The third-order valence-electron chi connectivity index (χ3n) is 3.57. The van der Waals surface area contributed by atoms with Gasteiger partial charge < -0.3 is 15.0 Å². The van der Waals surface area contributed by atoms with Crippen LogP contribution in [0.5, 0.6) is 0 Å². The molecule has 0 saturated carbocycles. The van der Waals surface area contributed by atoms with E-state index in [-0.39, 0.29) is 24.1 Å². The van der Waals surface area contributed by atoms with Gasteiger partial charge >= 0.3 is 5.97 Å². The van der Waals surface area contributed by atoms with Crippen LogP contribution in [0, 0.1) is 13.8 Å². The molecule has 0 spiro atoms. The number of esters is 1. The van der Waals surface area contributed by atoms with Gasteiger partial charge in [-0.3, -0.25) is 9.59 Å². The maximum absolute atomic E-state index is 12.1. The van der Waals surface area contributed by atoms with Crippen molar-refractivity contribution in [3.05, 3.63) is 23.3 Å². The van der Waals surface area contributed by atoms with Crippen LogP contribution in [-0.2, 0) is 14.3 Å². The highest BCUT2D eigenvalue weighted by atomic mass is 16.5. The number of fused-ring (bicyclic) bond motifs is 1.